The number of nitrogens with zero attached hydrogens (tertiary/aromatic N) is 1. The Morgan fingerprint density at radius 1 is 1.06 bits per heavy atom. The minimum absolute atomic E-state index is 0.101. The first-order valence-corrected chi connectivity index (χ1v) is 13.2. The van der Waals surface area contributed by atoms with Crippen molar-refractivity contribution >= 4 is 33.2 Å². The molecule has 0 saturated carbocycles. The van der Waals surface area contributed by atoms with Crippen LogP contribution < -0.4 is 14.4 Å². The van der Waals surface area contributed by atoms with Gasteiger partial charge in [0.15, 0.2) is 0 Å². The van der Waals surface area contributed by atoms with E-state index >= 15 is 0 Å². The number of nitrogens with one attached hydrogen (secondary N) is 1. The number of ether oxygens (including phenoxy) is 1. The molecule has 0 spiro atoms. The number of carbonyl (C=O) groups excluding carboxylic acids is 1. The summed E-state index contributed by atoms with van der Waals surface area (Å²) in [5, 5.41) is 3.42. The van der Waals surface area contributed by atoms with E-state index in [1.54, 1.807) is 42.5 Å². The van der Waals surface area contributed by atoms with Crippen molar-refractivity contribution in [3.05, 3.63) is 88.4 Å². The topological polar surface area (TPSA) is 75.7 Å². The molecule has 1 aliphatic rings. The number of carbonyl (C=O) groups is 1. The minimum atomic E-state index is -4.02. The van der Waals surface area contributed by atoms with Gasteiger partial charge in [-0.25, -0.2) is 8.42 Å². The van der Waals surface area contributed by atoms with Crippen LogP contribution in [0.4, 0.5) is 5.69 Å². The number of aryl methyl sites for hydroxylation is 2. The molecule has 0 bridgehead atoms. The van der Waals surface area contributed by atoms with Crippen LogP contribution in [0, 0.1) is 13.8 Å². The highest BCUT2D eigenvalue weighted by Crippen LogP contribution is 2.40. The molecule has 6 nitrogen and oxygen atoms in total. The first-order chi connectivity index (χ1) is 16.4. The largest absolute Gasteiger partial charge is 0.487 e. The van der Waals surface area contributed by atoms with Gasteiger partial charge < -0.3 is 10.1 Å². The van der Waals surface area contributed by atoms with E-state index < -0.39 is 28.1 Å². The lowest BCUT2D eigenvalue weighted by Crippen LogP contribution is -2.45. The first kappa shape index (κ1) is 25.1. The lowest BCUT2D eigenvalue weighted by Gasteiger charge is -2.38. The van der Waals surface area contributed by atoms with Crippen LogP contribution in [0.1, 0.15) is 43.0 Å². The second-order valence-electron chi connectivity index (χ2n) is 9.53. The Morgan fingerprint density at radius 3 is 2.43 bits per heavy atom. The van der Waals surface area contributed by atoms with Crippen LogP contribution in [-0.2, 0) is 14.8 Å². The van der Waals surface area contributed by atoms with E-state index in [1.165, 1.54) is 6.07 Å². The number of fused-ring (bicyclic) bond motifs is 1. The van der Waals surface area contributed by atoms with Gasteiger partial charge in [0.25, 0.3) is 10.0 Å². The summed E-state index contributed by atoms with van der Waals surface area (Å²) in [5.41, 5.74) is 2.70. The maximum Gasteiger partial charge on any atom is 0.264 e. The van der Waals surface area contributed by atoms with Gasteiger partial charge in [-0.15, -0.1) is 0 Å². The van der Waals surface area contributed by atoms with Crippen molar-refractivity contribution in [3.63, 3.8) is 0 Å². The van der Waals surface area contributed by atoms with E-state index in [1.807, 2.05) is 45.9 Å². The summed E-state index contributed by atoms with van der Waals surface area (Å²) >= 11 is 6.16. The Hall–Kier alpha value is -3.03. The van der Waals surface area contributed by atoms with E-state index in [-0.39, 0.29) is 10.9 Å². The van der Waals surface area contributed by atoms with Crippen LogP contribution in [0.5, 0.6) is 5.75 Å². The van der Waals surface area contributed by atoms with Crippen molar-refractivity contribution in [1.29, 1.82) is 0 Å². The molecule has 184 valence electrons. The second kappa shape index (κ2) is 9.55. The van der Waals surface area contributed by atoms with Crippen molar-refractivity contribution in [2.24, 2.45) is 0 Å². The molecular weight excluding hydrogens is 484 g/mol. The van der Waals surface area contributed by atoms with Gasteiger partial charge in [0.2, 0.25) is 5.91 Å². The minimum Gasteiger partial charge on any atom is -0.487 e. The number of amides is 1. The average Bonchev–Trinajstić information content (AvgIpc) is 2.76. The fourth-order valence-corrected chi connectivity index (χ4v) is 5.84. The predicted octanol–water partition coefficient (Wildman–Crippen LogP) is 5.57. The molecule has 1 heterocycles. The summed E-state index contributed by atoms with van der Waals surface area (Å²) < 4.78 is 34.4. The summed E-state index contributed by atoms with van der Waals surface area (Å²) in [7, 11) is -4.02. The molecule has 1 aliphatic heterocycles. The standard InChI is InChI=1S/C27H29ClN2O4S/c1-18-8-11-22(12-9-18)35(32,33)30(21-7-5-6-20(28)15-21)17-26(31)29-24-16-27(3,4)34-25-14-19(2)10-13-23(24)25/h5-15,24H,16-17H2,1-4H3,(H,29,31). The van der Waals surface area contributed by atoms with Gasteiger partial charge in [0.05, 0.1) is 16.6 Å². The number of rotatable bonds is 6. The molecule has 1 amide bonds. The van der Waals surface area contributed by atoms with Gasteiger partial charge in [-0.2, -0.15) is 0 Å². The number of hydrogen-bond acceptors (Lipinski definition) is 4. The third-order valence-electron chi connectivity index (χ3n) is 5.95. The van der Waals surface area contributed by atoms with Crippen LogP contribution in [0.25, 0.3) is 0 Å². The van der Waals surface area contributed by atoms with Crippen LogP contribution in [-0.4, -0.2) is 26.5 Å². The lowest BCUT2D eigenvalue weighted by atomic mass is 9.89. The third kappa shape index (κ3) is 5.63. The van der Waals surface area contributed by atoms with E-state index in [4.69, 9.17) is 16.3 Å². The zero-order valence-corrected chi connectivity index (χ0v) is 21.8. The van der Waals surface area contributed by atoms with Crippen LogP contribution >= 0.6 is 11.6 Å². The Kier molecular flexibility index (Phi) is 6.84. The highest BCUT2D eigenvalue weighted by Gasteiger charge is 2.35. The van der Waals surface area contributed by atoms with Crippen LogP contribution in [0.2, 0.25) is 5.02 Å². The van der Waals surface area contributed by atoms with Crippen molar-refractivity contribution in [2.45, 2.75) is 50.7 Å². The summed E-state index contributed by atoms with van der Waals surface area (Å²) in [5.74, 6) is 0.306. The molecule has 1 unspecified atom stereocenters. The second-order valence-corrected chi connectivity index (χ2v) is 11.8. The average molecular weight is 513 g/mol. The van der Waals surface area contributed by atoms with Crippen LogP contribution in [0.3, 0.4) is 0 Å². The number of halogens is 1. The molecule has 1 N–H and O–H groups in total. The Labute approximate surface area is 211 Å². The smallest absolute Gasteiger partial charge is 0.264 e. The molecule has 8 heteroatoms. The highest BCUT2D eigenvalue weighted by atomic mass is 35.5. The fourth-order valence-electron chi connectivity index (χ4n) is 4.24. The molecule has 3 aromatic rings. The zero-order valence-electron chi connectivity index (χ0n) is 20.2. The van der Waals surface area contributed by atoms with E-state index in [0.717, 1.165) is 26.7 Å². The molecule has 4 rings (SSSR count). The molecule has 0 radical (unpaired) electrons. The lowest BCUT2D eigenvalue weighted by molar-refractivity contribution is -0.120. The van der Waals surface area contributed by atoms with Crippen molar-refractivity contribution in [3.8, 4) is 5.75 Å². The number of hydrogen-bond donors (Lipinski definition) is 1. The van der Waals surface area contributed by atoms with E-state index in [0.29, 0.717) is 17.1 Å². The number of anilines is 1. The van der Waals surface area contributed by atoms with Crippen molar-refractivity contribution < 1.29 is 17.9 Å². The maximum atomic E-state index is 13.6. The summed E-state index contributed by atoms with van der Waals surface area (Å²) in [6.45, 7) is 7.41. The Balaban J connectivity index is 1.65. The number of sulfonamides is 1. The van der Waals surface area contributed by atoms with Crippen LogP contribution in [0.15, 0.2) is 71.6 Å². The Bertz CT molecular complexity index is 1350. The molecule has 0 aliphatic carbocycles. The number of benzene rings is 3. The monoisotopic (exact) mass is 512 g/mol. The molecule has 1 atom stereocenters. The van der Waals surface area contributed by atoms with Gasteiger partial charge in [0, 0.05) is 17.0 Å². The Morgan fingerprint density at radius 2 is 1.74 bits per heavy atom. The SMILES string of the molecule is Cc1ccc(S(=O)(=O)N(CC(=O)NC2CC(C)(C)Oc3cc(C)ccc32)c2cccc(Cl)c2)cc1. The molecular formula is C27H29ClN2O4S. The molecule has 35 heavy (non-hydrogen) atoms. The normalized spacial score (nSPS) is 16.7. The van der Waals surface area contributed by atoms with E-state index in [2.05, 4.69) is 5.32 Å². The highest BCUT2D eigenvalue weighted by molar-refractivity contribution is 7.92. The van der Waals surface area contributed by atoms with Gasteiger partial charge >= 0.3 is 0 Å². The predicted molar refractivity (Wildman–Crippen MR) is 139 cm³/mol. The molecule has 0 aromatic heterocycles. The quantitative estimate of drug-likeness (QED) is 0.468. The van der Waals surface area contributed by atoms with Crippen molar-refractivity contribution in [1.82, 2.24) is 5.32 Å². The first-order valence-electron chi connectivity index (χ1n) is 11.4. The van der Waals surface area contributed by atoms with Crippen molar-refractivity contribution in [2.75, 3.05) is 10.8 Å². The third-order valence-corrected chi connectivity index (χ3v) is 7.98. The molecule has 3 aromatic carbocycles. The summed E-state index contributed by atoms with van der Waals surface area (Å²) in [6, 6.07) is 18.6. The summed E-state index contributed by atoms with van der Waals surface area (Å²) in [4.78, 5) is 13.4. The van der Waals surface area contributed by atoms with Gasteiger partial charge in [-0.3, -0.25) is 9.10 Å². The molecule has 0 saturated heterocycles. The maximum absolute atomic E-state index is 13.6. The fraction of sp³-hybridized carbons (Fsp3) is 0.296. The summed E-state index contributed by atoms with van der Waals surface area (Å²) in [6.07, 6.45) is 0.552. The van der Waals surface area contributed by atoms with Gasteiger partial charge in [-0.05, 0) is 69.7 Å². The zero-order chi connectivity index (χ0) is 25.4. The van der Waals surface area contributed by atoms with Gasteiger partial charge in [-0.1, -0.05) is 47.5 Å². The molecule has 0 fully saturated rings. The van der Waals surface area contributed by atoms with E-state index in [9.17, 15) is 13.2 Å². The van der Waals surface area contributed by atoms with Gasteiger partial charge in [0.1, 0.15) is 17.9 Å².